The number of ether oxygens (including phenoxy) is 2. The first-order valence-corrected chi connectivity index (χ1v) is 12.1. The number of nitrogens with two attached hydrogens (primary N) is 1. The van der Waals surface area contributed by atoms with Gasteiger partial charge in [-0.05, 0) is 37.6 Å². The van der Waals surface area contributed by atoms with Crippen molar-refractivity contribution in [2.75, 3.05) is 19.1 Å². The highest BCUT2D eigenvalue weighted by atomic mass is 32.2. The molecule has 4 aromatic rings. The van der Waals surface area contributed by atoms with Crippen LogP contribution >= 0.6 is 11.8 Å². The van der Waals surface area contributed by atoms with Crippen LogP contribution < -0.4 is 20.5 Å². The standard InChI is InChI=1S/C24H26N6O4S/c1-13(2)23(31)26-7-4-8-30-22-20(21(25)27-11-28-22)29-24(30)35-19-10-18-17(32-12-33-18)9-15(19)16-6-5-14(3)34-16/h5-6,9-11,13H,4,7-8,12H2,1-3H3,(H,26,31)(H2,25,27,28). The minimum absolute atomic E-state index is 0.0281. The molecule has 0 radical (unpaired) electrons. The van der Waals surface area contributed by atoms with E-state index in [4.69, 9.17) is 24.6 Å². The van der Waals surface area contributed by atoms with E-state index in [0.717, 1.165) is 22.0 Å². The molecule has 0 spiro atoms. The van der Waals surface area contributed by atoms with Gasteiger partial charge in [0.2, 0.25) is 12.7 Å². The van der Waals surface area contributed by atoms with Crippen molar-refractivity contribution in [3.05, 3.63) is 36.4 Å². The van der Waals surface area contributed by atoms with Gasteiger partial charge in [0.25, 0.3) is 0 Å². The lowest BCUT2D eigenvalue weighted by molar-refractivity contribution is -0.123. The Labute approximate surface area is 206 Å². The Balaban J connectivity index is 1.50. The lowest BCUT2D eigenvalue weighted by Gasteiger charge is -2.12. The highest BCUT2D eigenvalue weighted by molar-refractivity contribution is 7.99. The van der Waals surface area contributed by atoms with Gasteiger partial charge < -0.3 is 29.5 Å². The van der Waals surface area contributed by atoms with Gasteiger partial charge in [0.05, 0.1) is 0 Å². The van der Waals surface area contributed by atoms with Crippen molar-refractivity contribution in [1.82, 2.24) is 24.8 Å². The van der Waals surface area contributed by atoms with E-state index in [0.29, 0.717) is 53.1 Å². The fourth-order valence-electron chi connectivity index (χ4n) is 3.74. The number of nitrogens with one attached hydrogen (secondary N) is 1. The first-order chi connectivity index (χ1) is 16.9. The second-order valence-electron chi connectivity index (χ2n) is 8.49. The number of amides is 1. The van der Waals surface area contributed by atoms with Crippen LogP contribution in [0.5, 0.6) is 11.5 Å². The molecule has 182 valence electrons. The lowest BCUT2D eigenvalue weighted by Crippen LogP contribution is -2.29. The maximum absolute atomic E-state index is 11.9. The Morgan fingerprint density at radius 3 is 2.77 bits per heavy atom. The summed E-state index contributed by atoms with van der Waals surface area (Å²) in [6, 6.07) is 7.71. The molecule has 0 saturated heterocycles. The maximum Gasteiger partial charge on any atom is 0.231 e. The predicted octanol–water partition coefficient (Wildman–Crippen LogP) is 4.02. The SMILES string of the molecule is Cc1ccc(-c2cc3c(cc2Sc2nc4c(N)ncnc4n2CCCNC(=O)C(C)C)OCO3)o1. The molecular formula is C24H26N6O4S. The summed E-state index contributed by atoms with van der Waals surface area (Å²) in [4.78, 5) is 26.1. The fraction of sp³-hybridized carbons (Fsp3) is 0.333. The average Bonchev–Trinajstić information content (AvgIpc) is 3.55. The third-order valence-corrected chi connectivity index (χ3v) is 6.64. The molecule has 3 aromatic heterocycles. The topological polar surface area (TPSA) is 130 Å². The number of rotatable bonds is 8. The Morgan fingerprint density at radius 1 is 1.23 bits per heavy atom. The smallest absolute Gasteiger partial charge is 0.231 e. The number of hydrogen-bond acceptors (Lipinski definition) is 9. The molecular weight excluding hydrogens is 468 g/mol. The molecule has 1 aliphatic heterocycles. The summed E-state index contributed by atoms with van der Waals surface area (Å²) in [6.07, 6.45) is 2.13. The number of carbonyl (C=O) groups excluding carboxylic acids is 1. The van der Waals surface area contributed by atoms with Gasteiger partial charge in [-0.3, -0.25) is 4.79 Å². The molecule has 3 N–H and O–H groups in total. The molecule has 0 saturated carbocycles. The average molecular weight is 495 g/mol. The van der Waals surface area contributed by atoms with Crippen molar-refractivity contribution in [3.63, 3.8) is 0 Å². The van der Waals surface area contributed by atoms with Gasteiger partial charge in [0.15, 0.2) is 33.6 Å². The second-order valence-corrected chi connectivity index (χ2v) is 9.50. The normalized spacial score (nSPS) is 12.6. The molecule has 0 fully saturated rings. The molecule has 0 unspecified atom stereocenters. The number of aromatic nitrogens is 4. The molecule has 1 amide bonds. The van der Waals surface area contributed by atoms with Crippen molar-refractivity contribution < 1.29 is 18.7 Å². The molecule has 0 aliphatic carbocycles. The van der Waals surface area contributed by atoms with E-state index in [1.54, 1.807) is 0 Å². The minimum atomic E-state index is -0.0580. The number of aryl methyl sites for hydroxylation is 2. The van der Waals surface area contributed by atoms with Crippen molar-refractivity contribution in [3.8, 4) is 22.8 Å². The zero-order valence-electron chi connectivity index (χ0n) is 19.7. The number of fused-ring (bicyclic) bond motifs is 2. The van der Waals surface area contributed by atoms with E-state index in [1.165, 1.54) is 18.1 Å². The number of imidazole rings is 1. The molecule has 1 aliphatic rings. The molecule has 35 heavy (non-hydrogen) atoms. The first-order valence-electron chi connectivity index (χ1n) is 11.3. The number of carbonyl (C=O) groups is 1. The van der Waals surface area contributed by atoms with E-state index in [1.807, 2.05) is 49.6 Å². The number of benzene rings is 1. The molecule has 10 nitrogen and oxygen atoms in total. The summed E-state index contributed by atoms with van der Waals surface area (Å²) in [5, 5.41) is 3.65. The van der Waals surface area contributed by atoms with E-state index in [2.05, 4.69) is 15.3 Å². The first kappa shape index (κ1) is 23.0. The van der Waals surface area contributed by atoms with Crippen LogP contribution in [0, 0.1) is 12.8 Å². The predicted molar refractivity (Wildman–Crippen MR) is 131 cm³/mol. The number of nitrogen functional groups attached to an aromatic ring is 1. The Kier molecular flexibility index (Phi) is 6.25. The van der Waals surface area contributed by atoms with Crippen LogP contribution in [0.15, 0.2) is 45.1 Å². The number of nitrogens with zero attached hydrogens (tertiary/aromatic N) is 4. The second kappa shape index (κ2) is 9.49. The highest BCUT2D eigenvalue weighted by Gasteiger charge is 2.23. The maximum atomic E-state index is 11.9. The summed E-state index contributed by atoms with van der Waals surface area (Å²) in [5.74, 6) is 3.16. The lowest BCUT2D eigenvalue weighted by atomic mass is 10.1. The Hall–Kier alpha value is -3.73. The van der Waals surface area contributed by atoms with Gasteiger partial charge >= 0.3 is 0 Å². The Morgan fingerprint density at radius 2 is 2.03 bits per heavy atom. The van der Waals surface area contributed by atoms with Crippen LogP contribution in [0.2, 0.25) is 0 Å². The van der Waals surface area contributed by atoms with E-state index >= 15 is 0 Å². The van der Waals surface area contributed by atoms with Crippen LogP contribution in [0.3, 0.4) is 0 Å². The largest absolute Gasteiger partial charge is 0.461 e. The van der Waals surface area contributed by atoms with Gasteiger partial charge in [0.1, 0.15) is 17.8 Å². The summed E-state index contributed by atoms with van der Waals surface area (Å²) in [6.45, 7) is 6.96. The van der Waals surface area contributed by atoms with Crippen molar-refractivity contribution in [2.24, 2.45) is 5.92 Å². The van der Waals surface area contributed by atoms with Gasteiger partial charge in [-0.25, -0.2) is 15.0 Å². The van der Waals surface area contributed by atoms with Crippen LogP contribution in [0.4, 0.5) is 5.82 Å². The fourth-order valence-corrected chi connectivity index (χ4v) is 4.80. The van der Waals surface area contributed by atoms with Crippen molar-refractivity contribution in [1.29, 1.82) is 0 Å². The number of hydrogen-bond donors (Lipinski definition) is 2. The van der Waals surface area contributed by atoms with E-state index < -0.39 is 0 Å². The number of furan rings is 1. The van der Waals surface area contributed by atoms with Crippen LogP contribution in [-0.4, -0.2) is 38.8 Å². The summed E-state index contributed by atoms with van der Waals surface area (Å²) < 4.78 is 19.1. The quantitative estimate of drug-likeness (QED) is 0.349. The van der Waals surface area contributed by atoms with Crippen LogP contribution in [0.25, 0.3) is 22.5 Å². The molecule has 5 rings (SSSR count). The van der Waals surface area contributed by atoms with Gasteiger partial charge in [-0.15, -0.1) is 0 Å². The highest BCUT2D eigenvalue weighted by Crippen LogP contribution is 2.45. The minimum Gasteiger partial charge on any atom is -0.461 e. The monoisotopic (exact) mass is 494 g/mol. The Bertz CT molecular complexity index is 1400. The van der Waals surface area contributed by atoms with E-state index in [9.17, 15) is 4.79 Å². The van der Waals surface area contributed by atoms with Crippen molar-refractivity contribution >= 4 is 34.7 Å². The van der Waals surface area contributed by atoms with Crippen LogP contribution in [-0.2, 0) is 11.3 Å². The zero-order chi connectivity index (χ0) is 24.5. The van der Waals surface area contributed by atoms with Gasteiger partial charge in [0, 0.05) is 29.5 Å². The number of anilines is 1. The zero-order valence-corrected chi connectivity index (χ0v) is 20.5. The molecule has 11 heteroatoms. The molecule has 0 bridgehead atoms. The summed E-state index contributed by atoms with van der Waals surface area (Å²) in [5.41, 5.74) is 8.17. The molecule has 0 atom stereocenters. The van der Waals surface area contributed by atoms with E-state index in [-0.39, 0.29) is 18.6 Å². The molecule has 1 aromatic carbocycles. The molecule has 4 heterocycles. The van der Waals surface area contributed by atoms with Gasteiger partial charge in [-0.1, -0.05) is 25.6 Å². The van der Waals surface area contributed by atoms with Crippen LogP contribution in [0.1, 0.15) is 26.0 Å². The van der Waals surface area contributed by atoms with Crippen molar-refractivity contribution in [2.45, 2.75) is 43.8 Å². The third kappa shape index (κ3) is 4.63. The summed E-state index contributed by atoms with van der Waals surface area (Å²) >= 11 is 1.46. The summed E-state index contributed by atoms with van der Waals surface area (Å²) in [7, 11) is 0. The third-order valence-electron chi connectivity index (χ3n) is 5.59. The van der Waals surface area contributed by atoms with Gasteiger partial charge in [-0.2, -0.15) is 0 Å².